The molecule has 31 heavy (non-hydrogen) atoms. The molecule has 0 unspecified atom stereocenters. The number of benzene rings is 1. The first-order chi connectivity index (χ1) is 14.3. The fourth-order valence-corrected chi connectivity index (χ4v) is 4.29. The Morgan fingerprint density at radius 1 is 1.19 bits per heavy atom. The number of amides is 1. The van der Waals surface area contributed by atoms with Crippen LogP contribution in [0.25, 0.3) is 0 Å². The van der Waals surface area contributed by atoms with E-state index in [4.69, 9.17) is 12.2 Å². The summed E-state index contributed by atoms with van der Waals surface area (Å²) in [5, 5.41) is 12.5. The summed E-state index contributed by atoms with van der Waals surface area (Å²) >= 11 is 4.91. The van der Waals surface area contributed by atoms with Crippen LogP contribution >= 0.6 is 12.2 Å². The van der Waals surface area contributed by atoms with Crippen LogP contribution in [-0.2, 0) is 17.4 Å². The van der Waals surface area contributed by atoms with Crippen LogP contribution in [0.1, 0.15) is 83.8 Å². The summed E-state index contributed by atoms with van der Waals surface area (Å²) in [5.74, 6) is 0.250. The molecule has 0 heterocycles. The summed E-state index contributed by atoms with van der Waals surface area (Å²) in [5.41, 5.74) is -1.49. The third kappa shape index (κ3) is 6.67. The lowest BCUT2D eigenvalue weighted by Gasteiger charge is -2.37. The van der Waals surface area contributed by atoms with E-state index in [9.17, 15) is 23.1 Å². The Bertz CT molecular complexity index is 797. The van der Waals surface area contributed by atoms with Crippen LogP contribution < -0.4 is 5.32 Å². The lowest BCUT2D eigenvalue weighted by atomic mass is 9.69. The number of anilines is 1. The minimum Gasteiger partial charge on any atom is -0.502 e. The van der Waals surface area contributed by atoms with Crippen LogP contribution in [0.4, 0.5) is 18.9 Å². The summed E-state index contributed by atoms with van der Waals surface area (Å²) in [6, 6.07) is 3.39. The molecule has 1 amide bonds. The molecule has 1 aliphatic rings. The highest BCUT2D eigenvalue weighted by molar-refractivity contribution is 7.80. The number of aliphatic hydroxyl groups excluding tert-OH is 1. The first-order valence-electron chi connectivity index (χ1n) is 11.0. The zero-order chi connectivity index (χ0) is 23.4. The number of rotatable bonds is 8. The molecule has 0 aliphatic heterocycles. The maximum absolute atomic E-state index is 13.4. The van der Waals surface area contributed by atoms with Crippen molar-refractivity contribution < 1.29 is 23.1 Å². The minimum atomic E-state index is -4.51. The van der Waals surface area contributed by atoms with Gasteiger partial charge in [0.15, 0.2) is 5.05 Å². The molecule has 1 aromatic rings. The van der Waals surface area contributed by atoms with E-state index in [-0.39, 0.29) is 23.1 Å². The lowest BCUT2D eigenvalue weighted by molar-refractivity contribution is -0.137. The zero-order valence-corrected chi connectivity index (χ0v) is 19.7. The van der Waals surface area contributed by atoms with E-state index in [1.807, 2.05) is 0 Å². The van der Waals surface area contributed by atoms with Gasteiger partial charge in [-0.15, -0.1) is 0 Å². The number of aliphatic hydroxyl groups is 1. The Labute approximate surface area is 188 Å². The molecule has 0 saturated heterocycles. The van der Waals surface area contributed by atoms with Crippen LogP contribution in [0, 0.1) is 16.7 Å². The van der Waals surface area contributed by atoms with Crippen molar-refractivity contribution in [3.63, 3.8) is 0 Å². The number of alkyl halides is 3. The van der Waals surface area contributed by atoms with Crippen molar-refractivity contribution in [1.82, 2.24) is 0 Å². The molecule has 2 rings (SSSR count). The van der Waals surface area contributed by atoms with Crippen LogP contribution in [0.5, 0.6) is 0 Å². The van der Waals surface area contributed by atoms with Crippen molar-refractivity contribution in [1.29, 1.82) is 0 Å². The third-order valence-corrected chi connectivity index (χ3v) is 6.94. The summed E-state index contributed by atoms with van der Waals surface area (Å²) in [4.78, 5) is 13.4. The SMILES string of the molecule is CC(C)CCC1(C(=O)Nc2cc(C(F)(F)F)ccc2CC(C)(C)C(O)=S)CCCCC1. The van der Waals surface area contributed by atoms with Gasteiger partial charge in [0.1, 0.15) is 0 Å². The quantitative estimate of drug-likeness (QED) is 0.398. The second kappa shape index (κ2) is 9.88. The fourth-order valence-electron chi connectivity index (χ4n) is 4.21. The summed E-state index contributed by atoms with van der Waals surface area (Å²) in [6.07, 6.45) is 1.83. The van der Waals surface area contributed by atoms with Crippen LogP contribution in [-0.4, -0.2) is 16.1 Å². The summed E-state index contributed by atoms with van der Waals surface area (Å²) in [6.45, 7) is 7.67. The molecule has 0 spiro atoms. The van der Waals surface area contributed by atoms with E-state index in [0.717, 1.165) is 57.1 Å². The van der Waals surface area contributed by atoms with Crippen molar-refractivity contribution in [3.05, 3.63) is 29.3 Å². The Morgan fingerprint density at radius 2 is 1.81 bits per heavy atom. The fraction of sp³-hybridized carbons (Fsp3) is 0.667. The minimum absolute atomic E-state index is 0.152. The molecular weight excluding hydrogens is 423 g/mol. The number of carbonyl (C=O) groups excluding carboxylic acids is 1. The summed E-state index contributed by atoms with van der Waals surface area (Å²) < 4.78 is 40.1. The van der Waals surface area contributed by atoms with Gasteiger partial charge in [-0.05, 0) is 67.9 Å². The van der Waals surface area contributed by atoms with E-state index in [1.165, 1.54) is 6.07 Å². The normalized spacial score (nSPS) is 16.9. The van der Waals surface area contributed by atoms with Gasteiger partial charge in [0.05, 0.1) is 5.56 Å². The maximum atomic E-state index is 13.4. The number of carbonyl (C=O) groups is 1. The van der Waals surface area contributed by atoms with E-state index in [0.29, 0.717) is 11.5 Å². The van der Waals surface area contributed by atoms with Gasteiger partial charge in [-0.2, -0.15) is 13.2 Å². The van der Waals surface area contributed by atoms with E-state index < -0.39 is 22.6 Å². The number of hydrogen-bond acceptors (Lipinski definition) is 2. The van der Waals surface area contributed by atoms with E-state index >= 15 is 0 Å². The summed E-state index contributed by atoms with van der Waals surface area (Å²) in [7, 11) is 0. The average Bonchev–Trinajstić information content (AvgIpc) is 2.67. The second-order valence-corrected chi connectivity index (χ2v) is 10.3. The molecule has 1 fully saturated rings. The second-order valence-electron chi connectivity index (χ2n) is 9.96. The van der Waals surface area contributed by atoms with Crippen LogP contribution in [0.3, 0.4) is 0 Å². The third-order valence-electron chi connectivity index (χ3n) is 6.39. The van der Waals surface area contributed by atoms with Gasteiger partial charge in [0.2, 0.25) is 5.91 Å². The van der Waals surface area contributed by atoms with Crippen molar-refractivity contribution in [2.75, 3.05) is 5.32 Å². The number of thiocarbonyl (C=S) groups is 1. The molecule has 0 atom stereocenters. The average molecular weight is 458 g/mol. The van der Waals surface area contributed by atoms with Gasteiger partial charge in [-0.25, -0.2) is 0 Å². The van der Waals surface area contributed by atoms with Gasteiger partial charge in [0, 0.05) is 16.5 Å². The van der Waals surface area contributed by atoms with E-state index in [1.54, 1.807) is 13.8 Å². The maximum Gasteiger partial charge on any atom is 0.416 e. The highest BCUT2D eigenvalue weighted by Crippen LogP contribution is 2.43. The monoisotopic (exact) mass is 457 g/mol. The highest BCUT2D eigenvalue weighted by atomic mass is 32.1. The number of nitrogens with one attached hydrogen (secondary N) is 1. The molecule has 1 saturated carbocycles. The molecule has 7 heteroatoms. The molecule has 1 aliphatic carbocycles. The Balaban J connectivity index is 2.40. The number of hydrogen-bond donors (Lipinski definition) is 2. The molecule has 0 radical (unpaired) electrons. The lowest BCUT2D eigenvalue weighted by Crippen LogP contribution is -2.38. The largest absolute Gasteiger partial charge is 0.502 e. The van der Waals surface area contributed by atoms with Crippen molar-refractivity contribution in [2.45, 2.75) is 85.2 Å². The predicted octanol–water partition coefficient (Wildman–Crippen LogP) is 7.48. The predicted molar refractivity (Wildman–Crippen MR) is 122 cm³/mol. The van der Waals surface area contributed by atoms with Gasteiger partial charge in [-0.1, -0.05) is 53.0 Å². The molecule has 174 valence electrons. The molecule has 2 N–H and O–H groups in total. The zero-order valence-electron chi connectivity index (χ0n) is 18.9. The van der Waals surface area contributed by atoms with Gasteiger partial charge < -0.3 is 10.4 Å². The molecule has 3 nitrogen and oxygen atoms in total. The first-order valence-corrected chi connectivity index (χ1v) is 11.4. The van der Waals surface area contributed by atoms with E-state index in [2.05, 4.69) is 19.2 Å². The molecule has 0 bridgehead atoms. The van der Waals surface area contributed by atoms with Crippen molar-refractivity contribution in [3.8, 4) is 0 Å². The topological polar surface area (TPSA) is 49.3 Å². The van der Waals surface area contributed by atoms with Gasteiger partial charge >= 0.3 is 6.18 Å². The standard InChI is InChI=1S/C24H34F3NO2S/c1-16(2)10-13-23(11-6-5-7-12-23)20(29)28-19-14-18(24(25,26)27)9-8-17(19)15-22(3,4)21(30)31/h8-9,14,16H,5-7,10-13,15H2,1-4H3,(H,28,29)(H,30,31). The van der Waals surface area contributed by atoms with Gasteiger partial charge in [0.25, 0.3) is 0 Å². The first kappa shape index (κ1) is 25.6. The van der Waals surface area contributed by atoms with Crippen LogP contribution in [0.2, 0.25) is 0 Å². The Morgan fingerprint density at radius 3 is 2.32 bits per heavy atom. The van der Waals surface area contributed by atoms with Crippen molar-refractivity contribution in [2.24, 2.45) is 16.7 Å². The molecular formula is C24H34F3NO2S. The van der Waals surface area contributed by atoms with Gasteiger partial charge in [-0.3, -0.25) is 4.79 Å². The van der Waals surface area contributed by atoms with Crippen molar-refractivity contribution >= 4 is 28.9 Å². The van der Waals surface area contributed by atoms with Crippen LogP contribution in [0.15, 0.2) is 18.2 Å². The Hall–Kier alpha value is -1.63. The highest BCUT2D eigenvalue weighted by Gasteiger charge is 2.40. The smallest absolute Gasteiger partial charge is 0.416 e. The molecule has 1 aromatic carbocycles. The number of halogens is 3. The Kier molecular flexibility index (Phi) is 8.17. The molecule has 0 aromatic heterocycles.